The summed E-state index contributed by atoms with van der Waals surface area (Å²) in [6.45, 7) is 6.46. The minimum atomic E-state index is 0. The zero-order chi connectivity index (χ0) is 11.2. The van der Waals surface area contributed by atoms with E-state index in [4.69, 9.17) is 0 Å². The number of nitrogens with one attached hydrogen (secondary N) is 2. The van der Waals surface area contributed by atoms with Crippen molar-refractivity contribution in [2.45, 2.75) is 26.3 Å². The van der Waals surface area contributed by atoms with Crippen molar-refractivity contribution in [2.75, 3.05) is 19.6 Å². The van der Waals surface area contributed by atoms with Crippen LogP contribution in [0, 0.1) is 12.8 Å². The highest BCUT2D eigenvalue weighted by atomic mass is 35.5. The molecule has 0 bridgehead atoms. The first kappa shape index (κ1) is 14.4. The number of hydrogen-bond acceptors (Lipinski definition) is 3. The Balaban J connectivity index is 0.00000144. The summed E-state index contributed by atoms with van der Waals surface area (Å²) in [6, 6.07) is 4.11. The lowest BCUT2D eigenvalue weighted by Gasteiger charge is -2.23. The van der Waals surface area contributed by atoms with Crippen LogP contribution in [0.15, 0.2) is 18.3 Å². The Morgan fingerprint density at radius 2 is 2.41 bits per heavy atom. The maximum Gasteiger partial charge on any atom is 0.0570 e. The number of pyridine rings is 1. The van der Waals surface area contributed by atoms with Crippen LogP contribution in [-0.2, 0) is 6.54 Å². The Labute approximate surface area is 110 Å². The van der Waals surface area contributed by atoms with E-state index in [9.17, 15) is 0 Å². The average molecular weight is 256 g/mol. The number of aromatic nitrogens is 1. The molecule has 1 fully saturated rings. The van der Waals surface area contributed by atoms with E-state index >= 15 is 0 Å². The minimum absolute atomic E-state index is 0. The van der Waals surface area contributed by atoms with Crippen molar-refractivity contribution in [1.29, 1.82) is 0 Å². The molecule has 0 spiro atoms. The van der Waals surface area contributed by atoms with Gasteiger partial charge in [-0.05, 0) is 56.9 Å². The van der Waals surface area contributed by atoms with Crippen LogP contribution in [0.1, 0.15) is 24.1 Å². The normalized spacial score (nSPS) is 19.7. The summed E-state index contributed by atoms with van der Waals surface area (Å²) in [4.78, 5) is 4.38. The number of rotatable bonds is 4. The summed E-state index contributed by atoms with van der Waals surface area (Å²) in [7, 11) is 0. The van der Waals surface area contributed by atoms with Crippen LogP contribution in [0.5, 0.6) is 0 Å². The van der Waals surface area contributed by atoms with Crippen LogP contribution >= 0.6 is 12.4 Å². The molecule has 2 heterocycles. The van der Waals surface area contributed by atoms with Crippen molar-refractivity contribution in [3.63, 3.8) is 0 Å². The molecule has 1 aromatic heterocycles. The van der Waals surface area contributed by atoms with Gasteiger partial charge >= 0.3 is 0 Å². The molecule has 0 aromatic carbocycles. The third-order valence-corrected chi connectivity index (χ3v) is 3.24. The molecule has 1 saturated heterocycles. The number of aryl methyl sites for hydroxylation is 1. The molecule has 2 rings (SSSR count). The average Bonchev–Trinajstić information content (AvgIpc) is 2.33. The zero-order valence-electron chi connectivity index (χ0n) is 10.4. The monoisotopic (exact) mass is 255 g/mol. The maximum absolute atomic E-state index is 4.38. The van der Waals surface area contributed by atoms with Crippen LogP contribution < -0.4 is 10.6 Å². The number of piperidine rings is 1. The first-order valence-electron chi connectivity index (χ1n) is 6.18. The van der Waals surface area contributed by atoms with Crippen molar-refractivity contribution in [1.82, 2.24) is 15.6 Å². The Morgan fingerprint density at radius 1 is 1.53 bits per heavy atom. The van der Waals surface area contributed by atoms with Gasteiger partial charge in [0.15, 0.2) is 0 Å². The topological polar surface area (TPSA) is 37.0 Å². The second-order valence-corrected chi connectivity index (χ2v) is 4.61. The zero-order valence-corrected chi connectivity index (χ0v) is 11.2. The first-order chi connectivity index (χ1) is 7.86. The molecule has 1 unspecified atom stereocenters. The predicted octanol–water partition coefficient (Wildman–Crippen LogP) is 1.90. The second kappa shape index (κ2) is 7.64. The predicted molar refractivity (Wildman–Crippen MR) is 73.5 cm³/mol. The summed E-state index contributed by atoms with van der Waals surface area (Å²) < 4.78 is 0. The fourth-order valence-electron chi connectivity index (χ4n) is 2.20. The lowest BCUT2D eigenvalue weighted by molar-refractivity contribution is 0.359. The smallest absolute Gasteiger partial charge is 0.0570 e. The van der Waals surface area contributed by atoms with Crippen LogP contribution in [-0.4, -0.2) is 24.6 Å². The molecular formula is C13H22ClN3. The van der Waals surface area contributed by atoms with Crippen LogP contribution in [0.2, 0.25) is 0 Å². The molecule has 0 saturated carbocycles. The van der Waals surface area contributed by atoms with Crippen LogP contribution in [0.3, 0.4) is 0 Å². The van der Waals surface area contributed by atoms with E-state index in [0.29, 0.717) is 0 Å². The van der Waals surface area contributed by atoms with Gasteiger partial charge in [-0.1, -0.05) is 6.07 Å². The summed E-state index contributed by atoms with van der Waals surface area (Å²) in [6.07, 6.45) is 4.53. The van der Waals surface area contributed by atoms with E-state index in [2.05, 4.69) is 28.6 Å². The van der Waals surface area contributed by atoms with E-state index in [1.807, 2.05) is 12.3 Å². The van der Waals surface area contributed by atoms with Gasteiger partial charge in [0.05, 0.1) is 5.69 Å². The quantitative estimate of drug-likeness (QED) is 0.863. The molecule has 17 heavy (non-hydrogen) atoms. The molecule has 0 radical (unpaired) electrons. The summed E-state index contributed by atoms with van der Waals surface area (Å²) >= 11 is 0. The Hall–Kier alpha value is -0.640. The highest BCUT2D eigenvalue weighted by molar-refractivity contribution is 5.85. The van der Waals surface area contributed by atoms with Crippen molar-refractivity contribution in [3.05, 3.63) is 29.6 Å². The van der Waals surface area contributed by atoms with E-state index < -0.39 is 0 Å². The minimum Gasteiger partial charge on any atom is -0.316 e. The summed E-state index contributed by atoms with van der Waals surface area (Å²) in [5, 5.41) is 6.95. The van der Waals surface area contributed by atoms with E-state index in [1.54, 1.807) is 0 Å². The first-order valence-corrected chi connectivity index (χ1v) is 6.18. The lowest BCUT2D eigenvalue weighted by atomic mass is 10.00. The van der Waals surface area contributed by atoms with Gasteiger partial charge in [0.25, 0.3) is 0 Å². The van der Waals surface area contributed by atoms with E-state index in [1.165, 1.54) is 30.6 Å². The van der Waals surface area contributed by atoms with Gasteiger partial charge in [-0.2, -0.15) is 0 Å². The van der Waals surface area contributed by atoms with Crippen LogP contribution in [0.25, 0.3) is 0 Å². The second-order valence-electron chi connectivity index (χ2n) is 4.61. The lowest BCUT2D eigenvalue weighted by Crippen LogP contribution is -2.36. The molecule has 1 aliphatic heterocycles. The highest BCUT2D eigenvalue weighted by Crippen LogP contribution is 2.09. The molecule has 4 heteroatoms. The fourth-order valence-corrected chi connectivity index (χ4v) is 2.20. The summed E-state index contributed by atoms with van der Waals surface area (Å²) in [5.74, 6) is 0.790. The van der Waals surface area contributed by atoms with Gasteiger partial charge in [0.1, 0.15) is 0 Å². The molecule has 1 aliphatic rings. The molecular weight excluding hydrogens is 234 g/mol. The van der Waals surface area contributed by atoms with E-state index in [0.717, 1.165) is 25.6 Å². The van der Waals surface area contributed by atoms with Gasteiger partial charge in [-0.25, -0.2) is 0 Å². The van der Waals surface area contributed by atoms with Crippen molar-refractivity contribution >= 4 is 12.4 Å². The Kier molecular flexibility index (Phi) is 6.48. The Bertz CT molecular complexity index is 324. The maximum atomic E-state index is 4.38. The molecule has 3 nitrogen and oxygen atoms in total. The van der Waals surface area contributed by atoms with Crippen molar-refractivity contribution in [3.8, 4) is 0 Å². The van der Waals surface area contributed by atoms with E-state index in [-0.39, 0.29) is 12.4 Å². The van der Waals surface area contributed by atoms with Crippen molar-refractivity contribution in [2.24, 2.45) is 5.92 Å². The Morgan fingerprint density at radius 3 is 3.12 bits per heavy atom. The third kappa shape index (κ3) is 4.62. The molecule has 0 amide bonds. The van der Waals surface area contributed by atoms with Gasteiger partial charge in [0, 0.05) is 12.7 Å². The van der Waals surface area contributed by atoms with Gasteiger partial charge in [-0.15, -0.1) is 12.4 Å². The molecule has 1 aromatic rings. The fraction of sp³-hybridized carbons (Fsp3) is 0.615. The van der Waals surface area contributed by atoms with Gasteiger partial charge < -0.3 is 10.6 Å². The SMILES string of the molecule is Cc1cccnc1CNCC1CCCNC1.Cl. The molecule has 1 atom stereocenters. The largest absolute Gasteiger partial charge is 0.316 e. The summed E-state index contributed by atoms with van der Waals surface area (Å²) in [5.41, 5.74) is 2.45. The standard InChI is InChI=1S/C13H21N3.ClH/c1-11-4-2-7-16-13(11)10-15-9-12-5-3-6-14-8-12;/h2,4,7,12,14-15H,3,5-6,8-10H2,1H3;1H. The van der Waals surface area contributed by atoms with Gasteiger partial charge in [-0.3, -0.25) is 4.98 Å². The molecule has 2 N–H and O–H groups in total. The number of hydrogen-bond donors (Lipinski definition) is 2. The van der Waals surface area contributed by atoms with Crippen LogP contribution in [0.4, 0.5) is 0 Å². The van der Waals surface area contributed by atoms with Crippen molar-refractivity contribution < 1.29 is 0 Å². The molecule has 96 valence electrons. The van der Waals surface area contributed by atoms with Gasteiger partial charge in [0.2, 0.25) is 0 Å². The highest BCUT2D eigenvalue weighted by Gasteiger charge is 2.12. The molecule has 0 aliphatic carbocycles. The number of halogens is 1. The number of nitrogens with zero attached hydrogens (tertiary/aromatic N) is 1. The third-order valence-electron chi connectivity index (χ3n) is 3.24.